The lowest BCUT2D eigenvalue weighted by atomic mass is 10.3. The Morgan fingerprint density at radius 1 is 1.32 bits per heavy atom. The molecule has 9 heteroatoms. The van der Waals surface area contributed by atoms with E-state index in [-0.39, 0.29) is 24.0 Å². The van der Waals surface area contributed by atoms with E-state index < -0.39 is 0 Å². The number of nitrogens with zero attached hydrogens (tertiary/aromatic N) is 6. The Bertz CT molecular complexity index is 688. The molecule has 1 fully saturated rings. The first-order valence-corrected chi connectivity index (χ1v) is 9.11. The number of hydrogen-bond acceptors (Lipinski definition) is 5. The Kier molecular flexibility index (Phi) is 7.48. The maximum Gasteiger partial charge on any atom is 0.205 e. The second-order valence-electron chi connectivity index (χ2n) is 5.91. The maximum atomic E-state index is 4.59. The number of piperazine rings is 1. The van der Waals surface area contributed by atoms with Gasteiger partial charge in [0.15, 0.2) is 5.96 Å². The predicted molar refractivity (Wildman–Crippen MR) is 114 cm³/mol. The van der Waals surface area contributed by atoms with E-state index in [9.17, 15) is 0 Å². The van der Waals surface area contributed by atoms with Crippen molar-refractivity contribution in [3.63, 3.8) is 0 Å². The zero-order valence-corrected chi connectivity index (χ0v) is 18.1. The van der Waals surface area contributed by atoms with Crippen molar-refractivity contribution in [3.05, 3.63) is 29.8 Å². The fraction of sp³-hybridized carbons (Fsp3) is 0.562. The van der Waals surface area contributed by atoms with Gasteiger partial charge in [-0.3, -0.25) is 4.99 Å². The second-order valence-corrected chi connectivity index (χ2v) is 6.64. The normalized spacial score (nSPS) is 15.2. The van der Waals surface area contributed by atoms with Gasteiger partial charge in [-0.25, -0.2) is 4.98 Å². The van der Waals surface area contributed by atoms with Crippen LogP contribution in [-0.4, -0.2) is 58.0 Å². The van der Waals surface area contributed by atoms with Crippen molar-refractivity contribution >= 4 is 46.6 Å². The molecule has 1 N–H and O–H groups in total. The summed E-state index contributed by atoms with van der Waals surface area (Å²) in [4.78, 5) is 13.6. The van der Waals surface area contributed by atoms with Crippen molar-refractivity contribution < 1.29 is 0 Å². The minimum Gasteiger partial charge on any atom is -0.357 e. The van der Waals surface area contributed by atoms with Crippen LogP contribution in [0.3, 0.4) is 0 Å². The van der Waals surface area contributed by atoms with E-state index >= 15 is 0 Å². The molecule has 3 heterocycles. The molecule has 7 nitrogen and oxygen atoms in total. The van der Waals surface area contributed by atoms with E-state index in [1.165, 1.54) is 17.1 Å². The van der Waals surface area contributed by atoms with Gasteiger partial charge in [0.2, 0.25) is 5.13 Å². The third-order valence-electron chi connectivity index (χ3n) is 4.18. The molecule has 0 aromatic carbocycles. The number of aromatic nitrogens is 3. The summed E-state index contributed by atoms with van der Waals surface area (Å²) < 4.78 is 6.44. The van der Waals surface area contributed by atoms with Crippen molar-refractivity contribution in [2.24, 2.45) is 12.0 Å². The van der Waals surface area contributed by atoms with Crippen molar-refractivity contribution in [1.82, 2.24) is 24.1 Å². The second kappa shape index (κ2) is 9.37. The SMILES string of the molecule is CCc1nsc(N2CCN(C(=NC)NCc3ccn(C)c3)CC2)n1.I. The van der Waals surface area contributed by atoms with Crippen LogP contribution < -0.4 is 10.2 Å². The van der Waals surface area contributed by atoms with Crippen molar-refractivity contribution in [2.45, 2.75) is 19.9 Å². The number of halogens is 1. The molecule has 3 rings (SSSR count). The Morgan fingerprint density at radius 2 is 2.08 bits per heavy atom. The molecule has 0 amide bonds. The molecular formula is C16H26IN7S. The highest BCUT2D eigenvalue weighted by atomic mass is 127. The van der Waals surface area contributed by atoms with E-state index in [2.05, 4.69) is 59.4 Å². The molecule has 25 heavy (non-hydrogen) atoms. The minimum atomic E-state index is 0. The number of aryl methyl sites for hydroxylation is 2. The number of nitrogens with one attached hydrogen (secondary N) is 1. The van der Waals surface area contributed by atoms with Gasteiger partial charge in [0.1, 0.15) is 5.82 Å². The standard InChI is InChI=1S/C16H25N7S.HI/c1-4-14-19-16(24-20-14)23-9-7-22(8-10-23)15(17-2)18-11-13-5-6-21(3)12-13;/h5-6,12H,4,7-11H2,1-3H3,(H,17,18);1H. The monoisotopic (exact) mass is 475 g/mol. The van der Waals surface area contributed by atoms with E-state index in [4.69, 9.17) is 0 Å². The van der Waals surface area contributed by atoms with E-state index in [0.29, 0.717) is 0 Å². The highest BCUT2D eigenvalue weighted by Gasteiger charge is 2.21. The van der Waals surface area contributed by atoms with Crippen LogP contribution in [0.5, 0.6) is 0 Å². The molecule has 1 saturated heterocycles. The molecule has 0 spiro atoms. The lowest BCUT2D eigenvalue weighted by Crippen LogP contribution is -2.52. The third kappa shape index (κ3) is 5.06. The largest absolute Gasteiger partial charge is 0.357 e. The zero-order chi connectivity index (χ0) is 16.9. The molecule has 0 bridgehead atoms. The Labute approximate surface area is 170 Å². The first kappa shape index (κ1) is 20.0. The van der Waals surface area contributed by atoms with Gasteiger partial charge in [-0.05, 0) is 11.6 Å². The molecule has 2 aromatic heterocycles. The summed E-state index contributed by atoms with van der Waals surface area (Å²) in [6.07, 6.45) is 5.08. The van der Waals surface area contributed by atoms with Crippen LogP contribution in [0.2, 0.25) is 0 Å². The van der Waals surface area contributed by atoms with Gasteiger partial charge in [0.25, 0.3) is 0 Å². The van der Waals surface area contributed by atoms with Crippen LogP contribution in [0, 0.1) is 0 Å². The van der Waals surface area contributed by atoms with Crippen LogP contribution in [0.4, 0.5) is 5.13 Å². The van der Waals surface area contributed by atoms with Gasteiger partial charge >= 0.3 is 0 Å². The lowest BCUT2D eigenvalue weighted by molar-refractivity contribution is 0.372. The summed E-state index contributed by atoms with van der Waals surface area (Å²) in [5.74, 6) is 1.91. The predicted octanol–water partition coefficient (Wildman–Crippen LogP) is 1.95. The zero-order valence-electron chi connectivity index (χ0n) is 15.0. The molecule has 0 saturated carbocycles. The van der Waals surface area contributed by atoms with Crippen LogP contribution in [0.15, 0.2) is 23.5 Å². The van der Waals surface area contributed by atoms with Crippen LogP contribution in [-0.2, 0) is 20.0 Å². The summed E-state index contributed by atoms with van der Waals surface area (Å²) in [6, 6.07) is 2.12. The van der Waals surface area contributed by atoms with Crippen LogP contribution in [0.25, 0.3) is 0 Å². The Morgan fingerprint density at radius 3 is 2.64 bits per heavy atom. The molecule has 0 radical (unpaired) electrons. The average molecular weight is 475 g/mol. The highest BCUT2D eigenvalue weighted by molar-refractivity contribution is 14.0. The molecule has 1 aliphatic rings. The van der Waals surface area contributed by atoms with E-state index in [1.54, 1.807) is 0 Å². The summed E-state index contributed by atoms with van der Waals surface area (Å²) >= 11 is 1.50. The average Bonchev–Trinajstić information content (AvgIpc) is 3.25. The van der Waals surface area contributed by atoms with Crippen molar-refractivity contribution in [1.29, 1.82) is 0 Å². The number of anilines is 1. The summed E-state index contributed by atoms with van der Waals surface area (Å²) in [5.41, 5.74) is 1.26. The number of hydrogen-bond donors (Lipinski definition) is 1. The fourth-order valence-electron chi connectivity index (χ4n) is 2.81. The van der Waals surface area contributed by atoms with E-state index in [1.807, 2.05) is 14.1 Å². The highest BCUT2D eigenvalue weighted by Crippen LogP contribution is 2.19. The van der Waals surface area contributed by atoms with Gasteiger partial charge in [0.05, 0.1) is 0 Å². The lowest BCUT2D eigenvalue weighted by Gasteiger charge is -2.36. The fourth-order valence-corrected chi connectivity index (χ4v) is 3.61. The van der Waals surface area contributed by atoms with Gasteiger partial charge in [0, 0.05) is 77.2 Å². The van der Waals surface area contributed by atoms with Gasteiger partial charge < -0.3 is 19.7 Å². The third-order valence-corrected chi connectivity index (χ3v) is 4.99. The number of rotatable bonds is 4. The smallest absolute Gasteiger partial charge is 0.205 e. The number of aliphatic imine (C=N–C) groups is 1. The molecule has 0 unspecified atom stereocenters. The molecular weight excluding hydrogens is 449 g/mol. The molecule has 1 aliphatic heterocycles. The maximum absolute atomic E-state index is 4.59. The molecule has 0 aliphatic carbocycles. The van der Waals surface area contributed by atoms with Crippen LogP contribution >= 0.6 is 35.5 Å². The minimum absolute atomic E-state index is 0. The molecule has 138 valence electrons. The first-order chi connectivity index (χ1) is 11.7. The van der Waals surface area contributed by atoms with E-state index in [0.717, 1.165) is 56.1 Å². The summed E-state index contributed by atoms with van der Waals surface area (Å²) in [5, 5.41) is 4.50. The first-order valence-electron chi connectivity index (χ1n) is 8.33. The molecule has 2 aromatic rings. The Balaban J connectivity index is 0.00000225. The summed E-state index contributed by atoms with van der Waals surface area (Å²) in [6.45, 7) is 6.66. The quantitative estimate of drug-likeness (QED) is 0.416. The van der Waals surface area contributed by atoms with Crippen molar-refractivity contribution in [2.75, 3.05) is 38.1 Å². The van der Waals surface area contributed by atoms with Gasteiger partial charge in [-0.15, -0.1) is 24.0 Å². The summed E-state index contributed by atoms with van der Waals surface area (Å²) in [7, 11) is 3.88. The number of guanidine groups is 1. The van der Waals surface area contributed by atoms with Gasteiger partial charge in [-0.2, -0.15) is 4.37 Å². The molecule has 0 atom stereocenters. The van der Waals surface area contributed by atoms with Crippen molar-refractivity contribution in [3.8, 4) is 0 Å². The van der Waals surface area contributed by atoms with Crippen LogP contribution in [0.1, 0.15) is 18.3 Å². The topological polar surface area (TPSA) is 61.6 Å². The Hall–Kier alpha value is -1.36. The van der Waals surface area contributed by atoms with Gasteiger partial charge in [-0.1, -0.05) is 6.92 Å².